The second-order valence-electron chi connectivity index (χ2n) is 4.77. The van der Waals surface area contributed by atoms with E-state index < -0.39 is 5.97 Å². The van der Waals surface area contributed by atoms with Gasteiger partial charge >= 0.3 is 5.97 Å². The molecule has 4 N–H and O–H groups in total. The normalized spacial score (nSPS) is 10.7. The maximum atomic E-state index is 12.3. The number of nitrogens with zero attached hydrogens (tertiary/aromatic N) is 2. The van der Waals surface area contributed by atoms with Crippen molar-refractivity contribution in [3.8, 4) is 5.75 Å². The number of benzene rings is 2. The van der Waals surface area contributed by atoms with Crippen molar-refractivity contribution in [3.63, 3.8) is 0 Å². The molecule has 0 amide bonds. The minimum Gasteiger partial charge on any atom is -0.423 e. The molecule has 1 aromatic heterocycles. The summed E-state index contributed by atoms with van der Waals surface area (Å²) < 4.78 is 5.40. The lowest BCUT2D eigenvalue weighted by Crippen LogP contribution is -2.09. The van der Waals surface area contributed by atoms with Crippen molar-refractivity contribution in [3.05, 3.63) is 48.0 Å². The summed E-state index contributed by atoms with van der Waals surface area (Å²) in [4.78, 5) is 21.3. The first-order valence-corrected chi connectivity index (χ1v) is 7.98. The molecule has 0 bridgehead atoms. The predicted octanol–water partition coefficient (Wildman–Crippen LogP) is 2.74. The van der Waals surface area contributed by atoms with Gasteiger partial charge in [-0.3, -0.25) is 0 Å². The van der Waals surface area contributed by atoms with Gasteiger partial charge in [0.1, 0.15) is 11.6 Å². The zero-order valence-corrected chi connectivity index (χ0v) is 13.1. The van der Waals surface area contributed by atoms with Crippen LogP contribution in [0.15, 0.2) is 47.4 Å². The molecule has 1 heterocycles. The van der Waals surface area contributed by atoms with E-state index in [-0.39, 0.29) is 11.8 Å². The minimum atomic E-state index is -0.471. The van der Waals surface area contributed by atoms with Crippen LogP contribution in [0.5, 0.6) is 5.75 Å². The van der Waals surface area contributed by atoms with Crippen LogP contribution < -0.4 is 16.2 Å². The van der Waals surface area contributed by atoms with E-state index in [2.05, 4.69) is 9.97 Å². The average Bonchev–Trinajstić information content (AvgIpc) is 2.54. The first kappa shape index (κ1) is 15.1. The van der Waals surface area contributed by atoms with Crippen LogP contribution in [0, 0.1) is 0 Å². The summed E-state index contributed by atoms with van der Waals surface area (Å²) in [5.74, 6) is 0.343. The quantitative estimate of drug-likeness (QED) is 0.433. The Kier molecular flexibility index (Phi) is 4.03. The van der Waals surface area contributed by atoms with E-state index in [0.29, 0.717) is 22.2 Å². The van der Waals surface area contributed by atoms with Crippen LogP contribution in [0.2, 0.25) is 0 Å². The van der Waals surface area contributed by atoms with Crippen molar-refractivity contribution >= 4 is 40.4 Å². The molecule has 7 heteroatoms. The van der Waals surface area contributed by atoms with Gasteiger partial charge in [-0.2, -0.15) is 4.98 Å². The summed E-state index contributed by atoms with van der Waals surface area (Å²) >= 11 is 1.57. The first-order chi connectivity index (χ1) is 11.1. The molecule has 3 rings (SSSR count). The van der Waals surface area contributed by atoms with Crippen molar-refractivity contribution < 1.29 is 9.53 Å². The van der Waals surface area contributed by atoms with E-state index in [9.17, 15) is 4.79 Å². The number of carbonyl (C=O) groups excluding carboxylic acids is 1. The van der Waals surface area contributed by atoms with Crippen LogP contribution in [0.25, 0.3) is 10.9 Å². The molecule has 116 valence electrons. The molecule has 0 radical (unpaired) electrons. The maximum absolute atomic E-state index is 12.3. The number of ether oxygens (including phenoxy) is 1. The Morgan fingerprint density at radius 3 is 2.74 bits per heavy atom. The van der Waals surface area contributed by atoms with Crippen molar-refractivity contribution in [2.24, 2.45) is 0 Å². The zero-order valence-electron chi connectivity index (χ0n) is 12.3. The van der Waals surface area contributed by atoms with E-state index in [1.807, 2.05) is 24.5 Å². The Morgan fingerprint density at radius 2 is 1.96 bits per heavy atom. The molecule has 3 aromatic rings. The van der Waals surface area contributed by atoms with Gasteiger partial charge in [0.05, 0.1) is 11.1 Å². The molecule has 0 atom stereocenters. The Hall–Kier alpha value is -2.80. The summed E-state index contributed by atoms with van der Waals surface area (Å²) in [5.41, 5.74) is 12.3. The van der Waals surface area contributed by atoms with Gasteiger partial charge in [0.25, 0.3) is 0 Å². The summed E-state index contributed by atoms with van der Waals surface area (Å²) in [6.07, 6.45) is 1.96. The number of hydrogen-bond acceptors (Lipinski definition) is 7. The van der Waals surface area contributed by atoms with Gasteiger partial charge in [0.15, 0.2) is 0 Å². The summed E-state index contributed by atoms with van der Waals surface area (Å²) in [5, 5.41) is 0.562. The van der Waals surface area contributed by atoms with Gasteiger partial charge in [0, 0.05) is 10.3 Å². The lowest BCUT2D eigenvalue weighted by atomic mass is 10.1. The number of nitrogen functional groups attached to an aromatic ring is 2. The van der Waals surface area contributed by atoms with Crippen molar-refractivity contribution in [2.75, 3.05) is 17.7 Å². The van der Waals surface area contributed by atoms with Crippen LogP contribution in [-0.2, 0) is 0 Å². The number of hydrogen-bond donors (Lipinski definition) is 2. The minimum absolute atomic E-state index is 0.0965. The van der Waals surface area contributed by atoms with Crippen molar-refractivity contribution in [1.82, 2.24) is 9.97 Å². The van der Waals surface area contributed by atoms with Gasteiger partial charge in [0.2, 0.25) is 5.95 Å². The smallest absolute Gasteiger partial charge is 0.343 e. The van der Waals surface area contributed by atoms with Gasteiger partial charge in [-0.1, -0.05) is 6.07 Å². The fourth-order valence-electron chi connectivity index (χ4n) is 2.13. The Balaban J connectivity index is 1.91. The Morgan fingerprint density at radius 1 is 1.13 bits per heavy atom. The van der Waals surface area contributed by atoms with Crippen molar-refractivity contribution in [1.29, 1.82) is 0 Å². The second-order valence-corrected chi connectivity index (χ2v) is 5.65. The third kappa shape index (κ3) is 3.19. The van der Waals surface area contributed by atoms with Crippen LogP contribution in [0.1, 0.15) is 10.4 Å². The fourth-order valence-corrected chi connectivity index (χ4v) is 2.58. The van der Waals surface area contributed by atoms with Gasteiger partial charge < -0.3 is 16.2 Å². The molecule has 6 nitrogen and oxygen atoms in total. The molecule has 0 spiro atoms. The standard InChI is InChI=1S/C16H14N4O2S/c1-23-11-4-2-3-10(8-11)22-15(21)9-5-6-13-12(7-9)14(17)20-16(18)19-13/h2-8H,1H3,(H4,17,18,19,20). The molecule has 0 unspecified atom stereocenters. The molecule has 2 aromatic carbocycles. The SMILES string of the molecule is CSc1cccc(OC(=O)c2ccc3nc(N)nc(N)c3c2)c1. The average molecular weight is 326 g/mol. The highest BCUT2D eigenvalue weighted by atomic mass is 32.2. The molecule has 0 aliphatic heterocycles. The second kappa shape index (κ2) is 6.13. The van der Waals surface area contributed by atoms with Crippen LogP contribution in [0.3, 0.4) is 0 Å². The molecule has 0 aliphatic carbocycles. The topological polar surface area (TPSA) is 104 Å². The summed E-state index contributed by atoms with van der Waals surface area (Å²) in [6, 6.07) is 12.2. The van der Waals surface area contributed by atoms with Crippen LogP contribution >= 0.6 is 11.8 Å². The number of aromatic nitrogens is 2. The fraction of sp³-hybridized carbons (Fsp3) is 0.0625. The van der Waals surface area contributed by atoms with E-state index in [4.69, 9.17) is 16.2 Å². The molecular formula is C16H14N4O2S. The maximum Gasteiger partial charge on any atom is 0.343 e. The number of rotatable bonds is 3. The highest BCUT2D eigenvalue weighted by molar-refractivity contribution is 7.98. The van der Waals surface area contributed by atoms with Crippen molar-refractivity contribution in [2.45, 2.75) is 4.90 Å². The predicted molar refractivity (Wildman–Crippen MR) is 91.5 cm³/mol. The molecule has 0 fully saturated rings. The largest absolute Gasteiger partial charge is 0.423 e. The molecule has 0 saturated carbocycles. The number of esters is 1. The lowest BCUT2D eigenvalue weighted by molar-refractivity contribution is 0.0734. The molecule has 0 saturated heterocycles. The van der Waals surface area contributed by atoms with Crippen LogP contribution in [-0.4, -0.2) is 22.2 Å². The van der Waals surface area contributed by atoms with E-state index in [1.54, 1.807) is 36.0 Å². The summed E-state index contributed by atoms with van der Waals surface area (Å²) in [7, 11) is 0. The molecule has 23 heavy (non-hydrogen) atoms. The van der Waals surface area contributed by atoms with Gasteiger partial charge in [-0.05, 0) is 42.7 Å². The van der Waals surface area contributed by atoms with Crippen LogP contribution in [0.4, 0.5) is 11.8 Å². The number of carbonyl (C=O) groups is 1. The van der Waals surface area contributed by atoms with Gasteiger partial charge in [-0.15, -0.1) is 11.8 Å². The third-order valence-electron chi connectivity index (χ3n) is 3.23. The Labute approximate surface area is 136 Å². The number of fused-ring (bicyclic) bond motifs is 1. The first-order valence-electron chi connectivity index (χ1n) is 6.76. The van der Waals surface area contributed by atoms with E-state index in [0.717, 1.165) is 4.90 Å². The lowest BCUT2D eigenvalue weighted by Gasteiger charge is -2.07. The highest BCUT2D eigenvalue weighted by Gasteiger charge is 2.12. The van der Waals surface area contributed by atoms with Gasteiger partial charge in [-0.25, -0.2) is 9.78 Å². The zero-order chi connectivity index (χ0) is 16.4. The number of nitrogens with two attached hydrogens (primary N) is 2. The Bertz CT molecular complexity index is 898. The van der Waals surface area contributed by atoms with E-state index >= 15 is 0 Å². The number of anilines is 2. The summed E-state index contributed by atoms with van der Waals surface area (Å²) in [6.45, 7) is 0. The third-order valence-corrected chi connectivity index (χ3v) is 3.96. The monoisotopic (exact) mass is 326 g/mol. The molecular weight excluding hydrogens is 312 g/mol. The number of thioether (sulfide) groups is 1. The molecule has 0 aliphatic rings. The highest BCUT2D eigenvalue weighted by Crippen LogP contribution is 2.23. The van der Waals surface area contributed by atoms with E-state index in [1.165, 1.54) is 0 Å².